The van der Waals surface area contributed by atoms with Gasteiger partial charge in [-0.15, -0.1) is 0 Å². The Kier molecular flexibility index (Phi) is 5.57. The zero-order valence-electron chi connectivity index (χ0n) is 16.8. The van der Waals surface area contributed by atoms with Crippen LogP contribution in [0, 0.1) is 6.92 Å². The first-order valence-corrected chi connectivity index (χ1v) is 9.69. The second kappa shape index (κ2) is 7.76. The molecule has 0 aliphatic carbocycles. The molecular weight excluding hydrogens is 352 g/mol. The van der Waals surface area contributed by atoms with E-state index in [-0.39, 0.29) is 17.9 Å². The van der Waals surface area contributed by atoms with E-state index in [4.69, 9.17) is 4.74 Å². The first kappa shape index (κ1) is 20.1. The Morgan fingerprint density at radius 3 is 2.57 bits per heavy atom. The number of aromatic nitrogens is 1. The molecule has 1 amide bonds. The number of pyridine rings is 1. The van der Waals surface area contributed by atoms with E-state index in [1.165, 1.54) is 0 Å². The molecule has 1 saturated heterocycles. The van der Waals surface area contributed by atoms with Crippen LogP contribution < -0.4 is 10.1 Å². The average Bonchev–Trinajstić information content (AvgIpc) is 2.67. The lowest BCUT2D eigenvalue weighted by atomic mass is 9.72. The monoisotopic (exact) mass is 380 g/mol. The van der Waals surface area contributed by atoms with Gasteiger partial charge in [0.15, 0.2) is 0 Å². The van der Waals surface area contributed by atoms with Gasteiger partial charge in [0.25, 0.3) is 5.91 Å². The number of nitrogens with zero attached hydrogens (tertiary/aromatic N) is 1. The van der Waals surface area contributed by atoms with Crippen molar-refractivity contribution < 1.29 is 14.6 Å². The normalized spacial score (nSPS) is 24.7. The number of carbonyl (C=O) groups excluding carboxylic acids is 1. The summed E-state index contributed by atoms with van der Waals surface area (Å²) in [6.07, 6.45) is 4.02. The predicted octanol–water partition coefficient (Wildman–Crippen LogP) is 3.75. The average molecular weight is 380 g/mol. The molecule has 1 unspecified atom stereocenters. The van der Waals surface area contributed by atoms with Crippen LogP contribution in [0.1, 0.15) is 49.9 Å². The standard InChI is InChI=1S/C23H28N2O3/c1-5-6-13-28-19-10-8-18(9-11-19)22(4)15-23(27,17(3)21(26)25-22)20-12-7-16(2)14-24-20/h7-12,14,27H,3,5-6,13,15H2,1-2,4H3,(H,25,26)/t22-,23?/m0/s1. The van der Waals surface area contributed by atoms with Crippen LogP contribution in [0.5, 0.6) is 5.75 Å². The summed E-state index contributed by atoms with van der Waals surface area (Å²) >= 11 is 0. The number of unbranched alkanes of at least 4 members (excludes halogenated alkanes) is 1. The van der Waals surface area contributed by atoms with Crippen molar-refractivity contribution in [3.05, 3.63) is 71.6 Å². The van der Waals surface area contributed by atoms with E-state index >= 15 is 0 Å². The van der Waals surface area contributed by atoms with Crippen molar-refractivity contribution in [2.75, 3.05) is 6.61 Å². The van der Waals surface area contributed by atoms with Crippen LogP contribution in [0.25, 0.3) is 0 Å². The Morgan fingerprint density at radius 1 is 1.25 bits per heavy atom. The minimum absolute atomic E-state index is 0.112. The van der Waals surface area contributed by atoms with Gasteiger partial charge in [-0.2, -0.15) is 0 Å². The van der Waals surface area contributed by atoms with Gasteiger partial charge in [-0.25, -0.2) is 0 Å². The number of ether oxygens (including phenoxy) is 1. The summed E-state index contributed by atoms with van der Waals surface area (Å²) in [5.74, 6) is 0.421. The largest absolute Gasteiger partial charge is 0.494 e. The fourth-order valence-corrected chi connectivity index (χ4v) is 3.56. The summed E-state index contributed by atoms with van der Waals surface area (Å²) < 4.78 is 5.72. The molecule has 1 aromatic carbocycles. The third-order valence-electron chi connectivity index (χ3n) is 5.37. The highest BCUT2D eigenvalue weighted by Gasteiger charge is 2.50. The van der Waals surface area contributed by atoms with Gasteiger partial charge in [0.1, 0.15) is 11.4 Å². The minimum Gasteiger partial charge on any atom is -0.494 e. The van der Waals surface area contributed by atoms with Gasteiger partial charge in [0, 0.05) is 18.2 Å². The molecule has 2 aromatic rings. The van der Waals surface area contributed by atoms with Crippen LogP contribution in [0.4, 0.5) is 0 Å². The van der Waals surface area contributed by atoms with Crippen molar-refractivity contribution in [2.45, 2.75) is 51.2 Å². The number of benzene rings is 1. The van der Waals surface area contributed by atoms with Gasteiger partial charge in [-0.05, 0) is 49.6 Å². The maximum Gasteiger partial charge on any atom is 0.250 e. The Bertz CT molecular complexity index is 860. The Labute approximate surface area is 166 Å². The molecule has 148 valence electrons. The third-order valence-corrected chi connectivity index (χ3v) is 5.37. The number of hydrogen-bond acceptors (Lipinski definition) is 4. The van der Waals surface area contributed by atoms with Crippen molar-refractivity contribution in [1.29, 1.82) is 0 Å². The van der Waals surface area contributed by atoms with Crippen LogP contribution in [0.2, 0.25) is 0 Å². The molecule has 0 radical (unpaired) electrons. The van der Waals surface area contributed by atoms with Gasteiger partial charge in [0.05, 0.1) is 17.8 Å². The van der Waals surface area contributed by atoms with Crippen molar-refractivity contribution in [1.82, 2.24) is 10.3 Å². The topological polar surface area (TPSA) is 71.5 Å². The molecule has 3 rings (SSSR count). The third kappa shape index (κ3) is 3.80. The number of amides is 1. The number of aliphatic hydroxyl groups is 1. The zero-order chi connectivity index (χ0) is 20.4. The molecule has 5 heteroatoms. The number of piperidine rings is 1. The van der Waals surface area contributed by atoms with Gasteiger partial charge in [-0.3, -0.25) is 9.78 Å². The lowest BCUT2D eigenvalue weighted by Crippen LogP contribution is -2.56. The van der Waals surface area contributed by atoms with Crippen LogP contribution in [-0.4, -0.2) is 22.6 Å². The predicted molar refractivity (Wildman–Crippen MR) is 109 cm³/mol. The minimum atomic E-state index is -1.53. The zero-order valence-corrected chi connectivity index (χ0v) is 16.8. The van der Waals surface area contributed by atoms with E-state index in [0.717, 1.165) is 29.7 Å². The fraction of sp³-hybridized carbons (Fsp3) is 0.391. The first-order chi connectivity index (χ1) is 13.3. The number of aryl methyl sites for hydroxylation is 1. The van der Waals surface area contributed by atoms with Gasteiger partial charge >= 0.3 is 0 Å². The molecule has 1 aromatic heterocycles. The lowest BCUT2D eigenvalue weighted by molar-refractivity contribution is -0.127. The summed E-state index contributed by atoms with van der Waals surface area (Å²) in [6, 6.07) is 11.3. The summed E-state index contributed by atoms with van der Waals surface area (Å²) in [6.45, 7) is 10.5. The van der Waals surface area contributed by atoms with E-state index in [1.54, 1.807) is 12.3 Å². The van der Waals surface area contributed by atoms with Gasteiger partial charge in [0.2, 0.25) is 0 Å². The van der Waals surface area contributed by atoms with Crippen molar-refractivity contribution >= 4 is 5.91 Å². The van der Waals surface area contributed by atoms with Gasteiger partial charge in [-0.1, -0.05) is 38.1 Å². The summed E-state index contributed by atoms with van der Waals surface area (Å²) in [5, 5.41) is 14.4. The van der Waals surface area contributed by atoms with Gasteiger partial charge < -0.3 is 15.2 Å². The SMILES string of the molecule is C=C1C(=O)N[C@](C)(c2ccc(OCCCC)cc2)CC1(O)c1ccc(C)cn1. The molecule has 1 aliphatic heterocycles. The van der Waals surface area contributed by atoms with E-state index < -0.39 is 11.1 Å². The van der Waals surface area contributed by atoms with Crippen molar-refractivity contribution in [2.24, 2.45) is 0 Å². The maximum absolute atomic E-state index is 12.7. The molecule has 0 spiro atoms. The van der Waals surface area contributed by atoms with Crippen LogP contribution >= 0.6 is 0 Å². The van der Waals surface area contributed by atoms with Crippen molar-refractivity contribution in [3.63, 3.8) is 0 Å². The molecule has 28 heavy (non-hydrogen) atoms. The molecule has 1 fully saturated rings. The molecule has 5 nitrogen and oxygen atoms in total. The highest BCUT2D eigenvalue weighted by molar-refractivity contribution is 5.96. The maximum atomic E-state index is 12.7. The quantitative estimate of drug-likeness (QED) is 0.591. The second-order valence-corrected chi connectivity index (χ2v) is 7.75. The van der Waals surface area contributed by atoms with E-state index in [2.05, 4.69) is 23.8 Å². The Hall–Kier alpha value is -2.66. The summed E-state index contributed by atoms with van der Waals surface area (Å²) in [4.78, 5) is 17.0. The second-order valence-electron chi connectivity index (χ2n) is 7.75. The Balaban J connectivity index is 1.89. The first-order valence-electron chi connectivity index (χ1n) is 9.69. The van der Waals surface area contributed by atoms with E-state index in [0.29, 0.717) is 12.3 Å². The van der Waals surface area contributed by atoms with E-state index in [1.807, 2.05) is 44.2 Å². The lowest BCUT2D eigenvalue weighted by Gasteiger charge is -2.44. The smallest absolute Gasteiger partial charge is 0.250 e. The molecule has 0 saturated carbocycles. The van der Waals surface area contributed by atoms with Crippen LogP contribution in [0.3, 0.4) is 0 Å². The molecular formula is C23H28N2O3. The summed E-state index contributed by atoms with van der Waals surface area (Å²) in [5.41, 5.74) is 0.133. The van der Waals surface area contributed by atoms with E-state index in [9.17, 15) is 9.90 Å². The molecule has 0 bridgehead atoms. The number of nitrogens with one attached hydrogen (secondary N) is 1. The highest BCUT2D eigenvalue weighted by Crippen LogP contribution is 2.43. The highest BCUT2D eigenvalue weighted by atomic mass is 16.5. The number of rotatable bonds is 6. The van der Waals surface area contributed by atoms with Crippen LogP contribution in [-0.2, 0) is 15.9 Å². The number of hydrogen-bond donors (Lipinski definition) is 2. The molecule has 2 N–H and O–H groups in total. The molecule has 2 atom stereocenters. The molecule has 1 aliphatic rings. The van der Waals surface area contributed by atoms with Crippen molar-refractivity contribution in [3.8, 4) is 5.75 Å². The van der Waals surface area contributed by atoms with Crippen LogP contribution in [0.15, 0.2) is 54.7 Å². The Morgan fingerprint density at radius 2 is 1.96 bits per heavy atom. The molecule has 2 heterocycles. The fourth-order valence-electron chi connectivity index (χ4n) is 3.56. The number of carbonyl (C=O) groups is 1. The summed E-state index contributed by atoms with van der Waals surface area (Å²) in [7, 11) is 0.